The monoisotopic (exact) mass is 282 g/mol. The molecular weight excluding hydrogens is 244 g/mol. The molecule has 0 aliphatic heterocycles. The van der Waals surface area contributed by atoms with Crippen molar-refractivity contribution in [1.29, 1.82) is 0 Å². The van der Waals surface area contributed by atoms with Crippen molar-refractivity contribution in [2.45, 2.75) is 84.7 Å². The molecule has 0 aromatic carbocycles. The van der Waals surface area contributed by atoms with Crippen LogP contribution >= 0.6 is 0 Å². The first-order valence-electron chi connectivity index (χ1n) is 8.89. The zero-order valence-corrected chi connectivity index (χ0v) is 14.8. The number of nitrogens with one attached hydrogen (secondary N) is 1. The van der Waals surface area contributed by atoms with Crippen LogP contribution in [0.15, 0.2) is 0 Å². The van der Waals surface area contributed by atoms with E-state index in [1.54, 1.807) is 0 Å². The minimum Gasteiger partial charge on any atom is -0.314 e. The Balaban J connectivity index is 2.63. The van der Waals surface area contributed by atoms with Gasteiger partial charge in [0.2, 0.25) is 0 Å². The van der Waals surface area contributed by atoms with Crippen LogP contribution < -0.4 is 5.32 Å². The molecule has 1 N–H and O–H groups in total. The van der Waals surface area contributed by atoms with Crippen LogP contribution in [0.5, 0.6) is 0 Å². The number of nitrogens with zero attached hydrogens (tertiary/aromatic N) is 1. The van der Waals surface area contributed by atoms with Crippen molar-refractivity contribution in [1.82, 2.24) is 10.2 Å². The topological polar surface area (TPSA) is 15.3 Å². The zero-order valence-electron chi connectivity index (χ0n) is 14.8. The standard InChI is InChI=1S/C18H38N2/c1-7-10-15-11-12-17(19-9-3)16(13-15)14-20(6)18(4,5)8-2/h15-17,19H,7-14H2,1-6H3. The van der Waals surface area contributed by atoms with Gasteiger partial charge in [-0.1, -0.05) is 33.6 Å². The van der Waals surface area contributed by atoms with Crippen molar-refractivity contribution in [3.05, 3.63) is 0 Å². The minimum atomic E-state index is 0.328. The van der Waals surface area contributed by atoms with Gasteiger partial charge in [-0.05, 0) is 65.0 Å². The molecule has 0 amide bonds. The Morgan fingerprint density at radius 1 is 1.15 bits per heavy atom. The van der Waals surface area contributed by atoms with Crippen molar-refractivity contribution in [2.75, 3.05) is 20.1 Å². The third-order valence-corrected chi connectivity index (χ3v) is 5.66. The summed E-state index contributed by atoms with van der Waals surface area (Å²) in [6, 6.07) is 0.739. The molecule has 2 nitrogen and oxygen atoms in total. The van der Waals surface area contributed by atoms with Gasteiger partial charge in [0.05, 0.1) is 0 Å². The first-order valence-corrected chi connectivity index (χ1v) is 8.89. The van der Waals surface area contributed by atoms with Crippen LogP contribution in [-0.2, 0) is 0 Å². The Bertz CT molecular complexity index is 262. The van der Waals surface area contributed by atoms with Gasteiger partial charge in [-0.3, -0.25) is 0 Å². The first kappa shape index (κ1) is 18.0. The average molecular weight is 283 g/mol. The van der Waals surface area contributed by atoms with E-state index in [0.717, 1.165) is 24.4 Å². The lowest BCUT2D eigenvalue weighted by Gasteiger charge is -2.43. The van der Waals surface area contributed by atoms with Gasteiger partial charge in [0.25, 0.3) is 0 Å². The number of hydrogen-bond acceptors (Lipinski definition) is 2. The summed E-state index contributed by atoms with van der Waals surface area (Å²) >= 11 is 0. The van der Waals surface area contributed by atoms with E-state index in [9.17, 15) is 0 Å². The summed E-state index contributed by atoms with van der Waals surface area (Å²) in [6.07, 6.45) is 8.23. The highest BCUT2D eigenvalue weighted by Gasteiger charge is 2.32. The molecule has 120 valence electrons. The van der Waals surface area contributed by atoms with Crippen molar-refractivity contribution >= 4 is 0 Å². The van der Waals surface area contributed by atoms with Crippen molar-refractivity contribution in [3.8, 4) is 0 Å². The molecule has 1 aliphatic rings. The maximum atomic E-state index is 3.75. The molecule has 1 fully saturated rings. The maximum absolute atomic E-state index is 3.75. The van der Waals surface area contributed by atoms with E-state index in [1.165, 1.54) is 45.1 Å². The molecule has 20 heavy (non-hydrogen) atoms. The van der Waals surface area contributed by atoms with Gasteiger partial charge in [-0.25, -0.2) is 0 Å². The number of hydrogen-bond donors (Lipinski definition) is 1. The van der Waals surface area contributed by atoms with Crippen LogP contribution in [-0.4, -0.2) is 36.6 Å². The van der Waals surface area contributed by atoms with Gasteiger partial charge in [0.1, 0.15) is 0 Å². The normalized spacial score (nSPS) is 28.1. The molecule has 3 atom stereocenters. The maximum Gasteiger partial charge on any atom is 0.0147 e. The van der Waals surface area contributed by atoms with Crippen LogP contribution in [0.3, 0.4) is 0 Å². The molecule has 1 saturated carbocycles. The minimum absolute atomic E-state index is 0.328. The van der Waals surface area contributed by atoms with E-state index in [-0.39, 0.29) is 0 Å². The van der Waals surface area contributed by atoms with Gasteiger partial charge >= 0.3 is 0 Å². The molecule has 0 aromatic rings. The van der Waals surface area contributed by atoms with Gasteiger partial charge in [-0.2, -0.15) is 0 Å². The lowest BCUT2D eigenvalue weighted by molar-refractivity contribution is 0.0866. The third-order valence-electron chi connectivity index (χ3n) is 5.66. The Morgan fingerprint density at radius 2 is 1.85 bits per heavy atom. The molecule has 3 unspecified atom stereocenters. The second kappa shape index (κ2) is 8.38. The fourth-order valence-corrected chi connectivity index (χ4v) is 3.63. The summed E-state index contributed by atoms with van der Waals surface area (Å²) in [4.78, 5) is 2.59. The van der Waals surface area contributed by atoms with Crippen LogP contribution in [0.25, 0.3) is 0 Å². The smallest absolute Gasteiger partial charge is 0.0147 e. The fraction of sp³-hybridized carbons (Fsp3) is 1.00. The highest BCUT2D eigenvalue weighted by Crippen LogP contribution is 2.33. The van der Waals surface area contributed by atoms with Crippen LogP contribution in [0.2, 0.25) is 0 Å². The van der Waals surface area contributed by atoms with E-state index in [2.05, 4.69) is 51.9 Å². The fourth-order valence-electron chi connectivity index (χ4n) is 3.63. The summed E-state index contributed by atoms with van der Waals surface area (Å²) in [5.74, 6) is 1.80. The molecule has 0 heterocycles. The molecule has 0 bridgehead atoms. The molecule has 1 aliphatic carbocycles. The number of rotatable bonds is 8. The SMILES string of the molecule is CCCC1CCC(NCC)C(CN(C)C(C)(C)CC)C1. The molecule has 2 heteroatoms. The Hall–Kier alpha value is -0.0800. The van der Waals surface area contributed by atoms with Crippen molar-refractivity contribution in [2.24, 2.45) is 11.8 Å². The van der Waals surface area contributed by atoms with Gasteiger partial charge in [0, 0.05) is 18.1 Å². The Kier molecular flexibility index (Phi) is 7.53. The van der Waals surface area contributed by atoms with Crippen LogP contribution in [0, 0.1) is 11.8 Å². The highest BCUT2D eigenvalue weighted by atomic mass is 15.2. The molecule has 0 saturated heterocycles. The predicted octanol–water partition coefficient (Wildman–Crippen LogP) is 4.30. The summed E-state index contributed by atoms with van der Waals surface area (Å²) in [5, 5.41) is 3.75. The van der Waals surface area contributed by atoms with Gasteiger partial charge < -0.3 is 10.2 Å². The van der Waals surface area contributed by atoms with Crippen molar-refractivity contribution < 1.29 is 0 Å². The average Bonchev–Trinajstić information content (AvgIpc) is 2.42. The summed E-state index contributed by atoms with van der Waals surface area (Å²) in [6.45, 7) is 14.0. The predicted molar refractivity (Wildman–Crippen MR) is 90.2 cm³/mol. The van der Waals surface area contributed by atoms with Gasteiger partial charge in [0.15, 0.2) is 0 Å². The summed E-state index contributed by atoms with van der Waals surface area (Å²) in [5.41, 5.74) is 0.328. The Labute approximate surface area is 127 Å². The first-order chi connectivity index (χ1) is 9.44. The van der Waals surface area contributed by atoms with E-state index < -0.39 is 0 Å². The summed E-state index contributed by atoms with van der Waals surface area (Å²) in [7, 11) is 2.32. The molecule has 0 aromatic heterocycles. The van der Waals surface area contributed by atoms with E-state index in [4.69, 9.17) is 0 Å². The van der Waals surface area contributed by atoms with Crippen LogP contribution in [0.4, 0.5) is 0 Å². The van der Waals surface area contributed by atoms with E-state index in [0.29, 0.717) is 5.54 Å². The Morgan fingerprint density at radius 3 is 2.40 bits per heavy atom. The largest absolute Gasteiger partial charge is 0.314 e. The second-order valence-corrected chi connectivity index (χ2v) is 7.44. The van der Waals surface area contributed by atoms with Crippen molar-refractivity contribution in [3.63, 3.8) is 0 Å². The molecule has 0 spiro atoms. The third kappa shape index (κ3) is 5.04. The van der Waals surface area contributed by atoms with Gasteiger partial charge in [-0.15, -0.1) is 0 Å². The highest BCUT2D eigenvalue weighted by molar-refractivity contribution is 4.88. The lowest BCUT2D eigenvalue weighted by atomic mass is 9.75. The molecule has 0 radical (unpaired) electrons. The van der Waals surface area contributed by atoms with Crippen LogP contribution in [0.1, 0.15) is 73.1 Å². The zero-order chi connectivity index (χ0) is 15.2. The lowest BCUT2D eigenvalue weighted by Crippen LogP contribution is -2.49. The summed E-state index contributed by atoms with van der Waals surface area (Å²) < 4.78 is 0. The molecular formula is C18H38N2. The quantitative estimate of drug-likeness (QED) is 0.714. The van der Waals surface area contributed by atoms with E-state index in [1.807, 2.05) is 0 Å². The molecule has 1 rings (SSSR count). The van der Waals surface area contributed by atoms with E-state index >= 15 is 0 Å². The second-order valence-electron chi connectivity index (χ2n) is 7.44.